The molecule has 1 N–H and O–H groups in total. The molecule has 0 spiro atoms. The molecular weight excluding hydrogens is 212 g/mol. The quantitative estimate of drug-likeness (QED) is 0.759. The maximum Gasteiger partial charge on any atom is 0.147 e. The van der Waals surface area contributed by atoms with E-state index in [9.17, 15) is 13.5 Å². The normalized spacial score (nSPS) is 20.7. The van der Waals surface area contributed by atoms with Crippen LogP contribution in [0.25, 0.3) is 0 Å². The van der Waals surface area contributed by atoms with Crippen molar-refractivity contribution in [2.75, 3.05) is 18.6 Å². The third-order valence-corrected chi connectivity index (χ3v) is 4.42. The minimum atomic E-state index is -2.83. The van der Waals surface area contributed by atoms with Gasteiger partial charge < -0.3 is 5.11 Å². The lowest BCUT2D eigenvalue weighted by molar-refractivity contribution is 0.167. The van der Waals surface area contributed by atoms with E-state index >= 15 is 0 Å². The first-order chi connectivity index (χ1) is 7.03. The zero-order valence-electron chi connectivity index (χ0n) is 9.48. The van der Waals surface area contributed by atoms with Crippen LogP contribution in [0.5, 0.6) is 0 Å². The summed E-state index contributed by atoms with van der Waals surface area (Å²) >= 11 is 0. The molecule has 1 saturated carbocycles. The monoisotopic (exact) mass is 234 g/mol. The van der Waals surface area contributed by atoms with Gasteiger partial charge in [0.05, 0.1) is 0 Å². The molecule has 15 heavy (non-hydrogen) atoms. The van der Waals surface area contributed by atoms with Gasteiger partial charge in [-0.3, -0.25) is 0 Å². The van der Waals surface area contributed by atoms with Crippen molar-refractivity contribution in [1.82, 2.24) is 0 Å². The molecule has 1 unspecified atom stereocenters. The summed E-state index contributed by atoms with van der Waals surface area (Å²) in [4.78, 5) is 0. The van der Waals surface area contributed by atoms with Gasteiger partial charge in [-0.15, -0.1) is 0 Å². The third kappa shape index (κ3) is 4.98. The highest BCUT2D eigenvalue weighted by Gasteiger charge is 2.24. The molecule has 0 aliphatic heterocycles. The van der Waals surface area contributed by atoms with E-state index in [0.717, 1.165) is 6.42 Å². The van der Waals surface area contributed by atoms with Crippen molar-refractivity contribution < 1.29 is 13.5 Å². The standard InChI is InChI=1S/C11H22O3S/c1-15(13,14)8-4-7-11(9-12)10-5-2-3-6-10/h10-12H,2-9H2,1H3. The fourth-order valence-electron chi connectivity index (χ4n) is 2.51. The van der Waals surface area contributed by atoms with Crippen LogP contribution in [-0.4, -0.2) is 32.1 Å². The minimum Gasteiger partial charge on any atom is -0.396 e. The van der Waals surface area contributed by atoms with Gasteiger partial charge in [0.2, 0.25) is 0 Å². The van der Waals surface area contributed by atoms with Crippen LogP contribution in [0.15, 0.2) is 0 Å². The van der Waals surface area contributed by atoms with Crippen LogP contribution in [0.2, 0.25) is 0 Å². The summed E-state index contributed by atoms with van der Waals surface area (Å²) in [5.74, 6) is 1.22. The van der Waals surface area contributed by atoms with Crippen molar-refractivity contribution in [2.45, 2.75) is 38.5 Å². The smallest absolute Gasteiger partial charge is 0.147 e. The van der Waals surface area contributed by atoms with Gasteiger partial charge >= 0.3 is 0 Å². The van der Waals surface area contributed by atoms with Crippen LogP contribution in [0.3, 0.4) is 0 Å². The molecule has 1 fully saturated rings. The summed E-state index contributed by atoms with van der Waals surface area (Å²) in [7, 11) is -2.83. The van der Waals surface area contributed by atoms with Crippen LogP contribution in [0, 0.1) is 11.8 Å². The number of hydrogen-bond donors (Lipinski definition) is 1. The molecule has 4 heteroatoms. The van der Waals surface area contributed by atoms with Gasteiger partial charge in [0, 0.05) is 18.6 Å². The lowest BCUT2D eigenvalue weighted by Crippen LogP contribution is -2.17. The van der Waals surface area contributed by atoms with E-state index in [4.69, 9.17) is 0 Å². The van der Waals surface area contributed by atoms with Crippen molar-refractivity contribution in [1.29, 1.82) is 0 Å². The van der Waals surface area contributed by atoms with Gasteiger partial charge in [0.25, 0.3) is 0 Å². The van der Waals surface area contributed by atoms with Crippen molar-refractivity contribution in [3.63, 3.8) is 0 Å². The highest BCUT2D eigenvalue weighted by Crippen LogP contribution is 2.33. The Kier molecular flexibility index (Phi) is 5.06. The predicted molar refractivity (Wildman–Crippen MR) is 61.5 cm³/mol. The van der Waals surface area contributed by atoms with Crippen LogP contribution in [0.1, 0.15) is 38.5 Å². The molecule has 90 valence electrons. The Morgan fingerprint density at radius 2 is 1.93 bits per heavy atom. The molecule has 0 aromatic rings. The average Bonchev–Trinajstić information content (AvgIpc) is 2.63. The molecule has 1 rings (SSSR count). The molecule has 0 amide bonds. The Morgan fingerprint density at radius 1 is 1.33 bits per heavy atom. The fourth-order valence-corrected chi connectivity index (χ4v) is 3.20. The largest absolute Gasteiger partial charge is 0.396 e. The van der Waals surface area contributed by atoms with E-state index in [1.165, 1.54) is 31.9 Å². The summed E-state index contributed by atoms with van der Waals surface area (Å²) < 4.78 is 21.9. The maximum atomic E-state index is 11.0. The first-order valence-corrected chi connectivity index (χ1v) is 7.87. The fraction of sp³-hybridized carbons (Fsp3) is 1.00. The Labute approximate surface area is 92.8 Å². The molecule has 0 aromatic heterocycles. The third-order valence-electron chi connectivity index (χ3n) is 3.39. The van der Waals surface area contributed by atoms with Gasteiger partial charge in [-0.05, 0) is 24.7 Å². The molecule has 1 atom stereocenters. The second-order valence-corrected chi connectivity index (χ2v) is 7.02. The average molecular weight is 234 g/mol. The van der Waals surface area contributed by atoms with Crippen LogP contribution >= 0.6 is 0 Å². The van der Waals surface area contributed by atoms with Crippen molar-refractivity contribution in [2.24, 2.45) is 11.8 Å². The highest BCUT2D eigenvalue weighted by molar-refractivity contribution is 7.90. The first-order valence-electron chi connectivity index (χ1n) is 5.81. The molecule has 1 aliphatic carbocycles. The van der Waals surface area contributed by atoms with Gasteiger partial charge in [0.15, 0.2) is 0 Å². The van der Waals surface area contributed by atoms with Crippen molar-refractivity contribution in [3.05, 3.63) is 0 Å². The Bertz CT molecular complexity index is 266. The molecular formula is C11H22O3S. The number of sulfone groups is 1. The van der Waals surface area contributed by atoms with E-state index in [0.29, 0.717) is 18.3 Å². The first kappa shape index (κ1) is 13.0. The zero-order chi connectivity index (χ0) is 11.3. The molecule has 0 bridgehead atoms. The topological polar surface area (TPSA) is 54.4 Å². The van der Waals surface area contributed by atoms with E-state index in [1.807, 2.05) is 0 Å². The van der Waals surface area contributed by atoms with Gasteiger partial charge in [-0.1, -0.05) is 25.7 Å². The van der Waals surface area contributed by atoms with Crippen LogP contribution in [-0.2, 0) is 9.84 Å². The SMILES string of the molecule is CS(=O)(=O)CCCC(CO)C1CCCC1. The summed E-state index contributed by atoms with van der Waals surface area (Å²) in [5, 5.41) is 9.27. The van der Waals surface area contributed by atoms with Gasteiger partial charge in [-0.2, -0.15) is 0 Å². The molecule has 0 saturated heterocycles. The van der Waals surface area contributed by atoms with Crippen molar-refractivity contribution >= 4 is 9.84 Å². The molecule has 3 nitrogen and oxygen atoms in total. The Balaban J connectivity index is 2.27. The van der Waals surface area contributed by atoms with E-state index in [-0.39, 0.29) is 12.4 Å². The Morgan fingerprint density at radius 3 is 2.40 bits per heavy atom. The van der Waals surface area contributed by atoms with E-state index < -0.39 is 9.84 Å². The summed E-state index contributed by atoms with van der Waals surface area (Å²) in [6.07, 6.45) is 7.79. The summed E-state index contributed by atoms with van der Waals surface area (Å²) in [6, 6.07) is 0. The number of hydrogen-bond acceptors (Lipinski definition) is 3. The zero-order valence-corrected chi connectivity index (χ0v) is 10.3. The summed E-state index contributed by atoms with van der Waals surface area (Å²) in [5.41, 5.74) is 0. The Hall–Kier alpha value is -0.0900. The minimum absolute atomic E-state index is 0.217. The lowest BCUT2D eigenvalue weighted by atomic mass is 9.88. The second-order valence-electron chi connectivity index (χ2n) is 4.76. The number of rotatable bonds is 6. The van der Waals surface area contributed by atoms with Gasteiger partial charge in [0.1, 0.15) is 9.84 Å². The molecule has 0 heterocycles. The molecule has 0 radical (unpaired) electrons. The van der Waals surface area contributed by atoms with E-state index in [1.54, 1.807) is 0 Å². The van der Waals surface area contributed by atoms with Gasteiger partial charge in [-0.25, -0.2) is 8.42 Å². The summed E-state index contributed by atoms with van der Waals surface area (Å²) in [6.45, 7) is 0.217. The molecule has 0 aromatic carbocycles. The number of aliphatic hydroxyl groups excluding tert-OH is 1. The maximum absolute atomic E-state index is 11.0. The predicted octanol–water partition coefficient (Wildman–Crippen LogP) is 1.61. The second kappa shape index (κ2) is 5.85. The van der Waals surface area contributed by atoms with E-state index in [2.05, 4.69) is 0 Å². The van der Waals surface area contributed by atoms with Crippen molar-refractivity contribution in [3.8, 4) is 0 Å². The highest BCUT2D eigenvalue weighted by atomic mass is 32.2. The van der Waals surface area contributed by atoms with Crippen LogP contribution in [0.4, 0.5) is 0 Å². The lowest BCUT2D eigenvalue weighted by Gasteiger charge is -2.20. The van der Waals surface area contributed by atoms with Crippen LogP contribution < -0.4 is 0 Å². The number of aliphatic hydroxyl groups is 1. The molecule has 1 aliphatic rings.